The van der Waals surface area contributed by atoms with Crippen molar-refractivity contribution in [2.24, 2.45) is 5.92 Å². The maximum atomic E-state index is 2.74. The van der Waals surface area contributed by atoms with Crippen LogP contribution in [-0.4, -0.2) is 24.5 Å². The second kappa shape index (κ2) is 12.7. The van der Waals surface area contributed by atoms with E-state index in [9.17, 15) is 0 Å². The van der Waals surface area contributed by atoms with E-state index in [1.807, 2.05) is 0 Å². The predicted octanol–water partition coefficient (Wildman–Crippen LogP) is 6.03. The van der Waals surface area contributed by atoms with Gasteiger partial charge in [-0.25, -0.2) is 0 Å². The number of piperidine rings is 1. The van der Waals surface area contributed by atoms with Gasteiger partial charge in [0.15, 0.2) is 0 Å². The molecule has 0 radical (unpaired) electrons. The molecule has 1 unspecified atom stereocenters. The third kappa shape index (κ3) is 9.00. The fourth-order valence-electron chi connectivity index (χ4n) is 3.64. The van der Waals surface area contributed by atoms with Gasteiger partial charge >= 0.3 is 0 Å². The van der Waals surface area contributed by atoms with Crippen molar-refractivity contribution >= 4 is 0 Å². The summed E-state index contributed by atoms with van der Waals surface area (Å²) in [6.07, 6.45) is 18.8. The van der Waals surface area contributed by atoms with Crippen LogP contribution in [0.2, 0.25) is 0 Å². The lowest BCUT2D eigenvalue weighted by Crippen LogP contribution is -2.35. The van der Waals surface area contributed by atoms with Crippen LogP contribution in [0.15, 0.2) is 0 Å². The number of rotatable bonds is 12. The summed E-state index contributed by atoms with van der Waals surface area (Å²) in [5.41, 5.74) is 0. The fourth-order valence-corrected chi connectivity index (χ4v) is 3.64. The first-order chi connectivity index (χ1) is 9.86. The Balaban J connectivity index is 1.88. The summed E-state index contributed by atoms with van der Waals surface area (Å²) in [7, 11) is 0. The minimum Gasteiger partial charge on any atom is -0.303 e. The summed E-state index contributed by atoms with van der Waals surface area (Å²) in [5, 5.41) is 0. The molecule has 1 rings (SSSR count). The molecule has 1 fully saturated rings. The van der Waals surface area contributed by atoms with Crippen LogP contribution in [0.3, 0.4) is 0 Å². The third-order valence-electron chi connectivity index (χ3n) is 4.88. The molecular weight excluding hydrogens is 242 g/mol. The van der Waals surface area contributed by atoms with E-state index in [1.165, 1.54) is 103 Å². The highest BCUT2D eigenvalue weighted by atomic mass is 15.1. The van der Waals surface area contributed by atoms with Gasteiger partial charge in [-0.3, -0.25) is 0 Å². The van der Waals surface area contributed by atoms with Crippen molar-refractivity contribution in [3.63, 3.8) is 0 Å². The number of hydrogen-bond donors (Lipinski definition) is 0. The Morgan fingerprint density at radius 1 is 0.800 bits per heavy atom. The highest BCUT2D eigenvalue weighted by Gasteiger charge is 2.18. The van der Waals surface area contributed by atoms with Gasteiger partial charge in [-0.1, -0.05) is 71.6 Å². The molecule has 1 heterocycles. The molecule has 0 N–H and O–H groups in total. The number of hydrogen-bond acceptors (Lipinski definition) is 1. The lowest BCUT2D eigenvalue weighted by Gasteiger charge is -2.32. The zero-order valence-electron chi connectivity index (χ0n) is 14.3. The molecule has 0 amide bonds. The molecule has 0 aliphatic carbocycles. The summed E-state index contributed by atoms with van der Waals surface area (Å²) in [6, 6.07) is 0. The van der Waals surface area contributed by atoms with Crippen LogP contribution < -0.4 is 0 Å². The van der Waals surface area contributed by atoms with E-state index in [0.717, 1.165) is 5.92 Å². The van der Waals surface area contributed by atoms with Crippen molar-refractivity contribution in [2.45, 2.75) is 97.3 Å². The van der Waals surface area contributed by atoms with Crippen LogP contribution >= 0.6 is 0 Å². The van der Waals surface area contributed by atoms with Gasteiger partial charge in [-0.05, 0) is 44.7 Å². The Morgan fingerprint density at radius 2 is 1.45 bits per heavy atom. The molecule has 0 saturated carbocycles. The van der Waals surface area contributed by atoms with Crippen molar-refractivity contribution in [1.29, 1.82) is 0 Å². The molecule has 0 spiro atoms. The van der Waals surface area contributed by atoms with Crippen molar-refractivity contribution in [3.8, 4) is 0 Å². The molecule has 0 bridgehead atoms. The molecular formula is C19H39N. The SMILES string of the molecule is CCCCCCCCCCCN1CCCC(CCC)C1. The van der Waals surface area contributed by atoms with Crippen molar-refractivity contribution in [2.75, 3.05) is 19.6 Å². The van der Waals surface area contributed by atoms with E-state index in [0.29, 0.717) is 0 Å². The fraction of sp³-hybridized carbons (Fsp3) is 1.00. The van der Waals surface area contributed by atoms with Crippen LogP contribution in [-0.2, 0) is 0 Å². The van der Waals surface area contributed by atoms with Crippen LogP contribution in [0.5, 0.6) is 0 Å². The average Bonchev–Trinajstić information content (AvgIpc) is 2.46. The average molecular weight is 282 g/mol. The molecule has 1 heteroatoms. The van der Waals surface area contributed by atoms with E-state index in [2.05, 4.69) is 18.7 Å². The normalized spacial score (nSPS) is 20.4. The third-order valence-corrected chi connectivity index (χ3v) is 4.88. The van der Waals surface area contributed by atoms with Gasteiger partial charge in [0, 0.05) is 6.54 Å². The first-order valence-electron chi connectivity index (χ1n) is 9.59. The first-order valence-corrected chi connectivity index (χ1v) is 9.59. The standard InChI is InChI=1S/C19H39N/c1-3-5-6-7-8-9-10-11-12-16-20-17-13-15-19(18-20)14-4-2/h19H,3-18H2,1-2H3. The lowest BCUT2D eigenvalue weighted by atomic mass is 9.93. The summed E-state index contributed by atoms with van der Waals surface area (Å²) in [6.45, 7) is 8.77. The molecule has 120 valence electrons. The van der Waals surface area contributed by atoms with E-state index in [-0.39, 0.29) is 0 Å². The zero-order valence-corrected chi connectivity index (χ0v) is 14.3. The van der Waals surface area contributed by atoms with Gasteiger partial charge in [0.2, 0.25) is 0 Å². The molecule has 0 aromatic heterocycles. The molecule has 1 aliphatic heterocycles. The second-order valence-electron chi connectivity index (χ2n) is 6.93. The summed E-state index contributed by atoms with van der Waals surface area (Å²) in [4.78, 5) is 2.74. The van der Waals surface area contributed by atoms with E-state index in [1.54, 1.807) is 0 Å². The van der Waals surface area contributed by atoms with Crippen LogP contribution in [0, 0.1) is 5.92 Å². The molecule has 0 aromatic rings. The van der Waals surface area contributed by atoms with Gasteiger partial charge in [-0.2, -0.15) is 0 Å². The van der Waals surface area contributed by atoms with Gasteiger partial charge < -0.3 is 4.90 Å². The predicted molar refractivity (Wildman–Crippen MR) is 91.3 cm³/mol. The van der Waals surface area contributed by atoms with Crippen molar-refractivity contribution in [1.82, 2.24) is 4.90 Å². The highest BCUT2D eigenvalue weighted by molar-refractivity contribution is 4.72. The molecule has 1 aliphatic rings. The van der Waals surface area contributed by atoms with Crippen LogP contribution in [0.25, 0.3) is 0 Å². The Hall–Kier alpha value is -0.0400. The maximum Gasteiger partial charge on any atom is 0.000966 e. The minimum absolute atomic E-state index is 1.01. The Labute approximate surface area is 128 Å². The number of unbranched alkanes of at least 4 members (excludes halogenated alkanes) is 8. The molecule has 20 heavy (non-hydrogen) atoms. The molecule has 1 nitrogen and oxygen atoms in total. The Bertz CT molecular complexity index is 200. The lowest BCUT2D eigenvalue weighted by molar-refractivity contribution is 0.165. The smallest absolute Gasteiger partial charge is 0.000966 e. The van der Waals surface area contributed by atoms with E-state index in [4.69, 9.17) is 0 Å². The summed E-state index contributed by atoms with van der Waals surface area (Å²) >= 11 is 0. The number of likely N-dealkylation sites (tertiary alicyclic amines) is 1. The summed E-state index contributed by atoms with van der Waals surface area (Å²) in [5.74, 6) is 1.01. The monoisotopic (exact) mass is 281 g/mol. The minimum atomic E-state index is 1.01. The molecule has 0 aromatic carbocycles. The second-order valence-corrected chi connectivity index (χ2v) is 6.93. The van der Waals surface area contributed by atoms with Crippen molar-refractivity contribution < 1.29 is 0 Å². The van der Waals surface area contributed by atoms with Gasteiger partial charge in [0.05, 0.1) is 0 Å². The van der Waals surface area contributed by atoms with E-state index < -0.39 is 0 Å². The maximum absolute atomic E-state index is 2.74. The Morgan fingerprint density at radius 3 is 2.10 bits per heavy atom. The quantitative estimate of drug-likeness (QED) is 0.395. The molecule has 1 saturated heterocycles. The van der Waals surface area contributed by atoms with E-state index >= 15 is 0 Å². The topological polar surface area (TPSA) is 3.24 Å². The highest BCUT2D eigenvalue weighted by Crippen LogP contribution is 2.21. The van der Waals surface area contributed by atoms with Gasteiger partial charge in [0.25, 0.3) is 0 Å². The van der Waals surface area contributed by atoms with Crippen LogP contribution in [0.1, 0.15) is 97.3 Å². The zero-order chi connectivity index (χ0) is 14.5. The van der Waals surface area contributed by atoms with Gasteiger partial charge in [-0.15, -0.1) is 0 Å². The molecule has 1 atom stereocenters. The summed E-state index contributed by atoms with van der Waals surface area (Å²) < 4.78 is 0. The largest absolute Gasteiger partial charge is 0.303 e. The van der Waals surface area contributed by atoms with Crippen molar-refractivity contribution in [3.05, 3.63) is 0 Å². The number of nitrogens with zero attached hydrogens (tertiary/aromatic N) is 1. The first kappa shape index (κ1) is 18.0. The van der Waals surface area contributed by atoms with Gasteiger partial charge in [0.1, 0.15) is 0 Å². The Kier molecular flexibility index (Phi) is 11.4. The van der Waals surface area contributed by atoms with Crippen LogP contribution in [0.4, 0.5) is 0 Å².